The van der Waals surface area contributed by atoms with Gasteiger partial charge in [-0.15, -0.1) is 0 Å². The van der Waals surface area contributed by atoms with E-state index in [1.54, 1.807) is 0 Å². The van der Waals surface area contributed by atoms with E-state index in [0.29, 0.717) is 12.8 Å². The molecule has 0 bridgehead atoms. The van der Waals surface area contributed by atoms with E-state index in [9.17, 15) is 70.6 Å². The summed E-state index contributed by atoms with van der Waals surface area (Å²) >= 11 is 0. The van der Waals surface area contributed by atoms with E-state index in [4.69, 9.17) is 28.4 Å². The number of carboxylic acid groups (broad SMARTS) is 1. The van der Waals surface area contributed by atoms with Gasteiger partial charge in [0, 0.05) is 19.8 Å². The summed E-state index contributed by atoms with van der Waals surface area (Å²) in [7, 11) is 0. The van der Waals surface area contributed by atoms with Gasteiger partial charge in [0.1, 0.15) is 67.1 Å². The Bertz CT molecular complexity index is 1550. The fraction of sp³-hybridized carbons (Fsp3) is 0.943. The second-order valence-corrected chi connectivity index (χ2v) is 21.0. The molecule has 13 N–H and O–H groups in total. The van der Waals surface area contributed by atoms with Crippen LogP contribution in [0.2, 0.25) is 0 Å². The number of hydrogen-bond donors (Lipinski definition) is 13. The second-order valence-electron chi connectivity index (χ2n) is 21.0. The maximum atomic E-state index is 13.2. The van der Waals surface area contributed by atoms with Crippen LogP contribution < -0.4 is 10.6 Å². The Morgan fingerprint density at radius 2 is 1.15 bits per heavy atom. The second kappa shape index (κ2) is 36.8. The van der Waals surface area contributed by atoms with E-state index in [1.807, 2.05) is 0 Å². The smallest absolute Gasteiger partial charge is 0.364 e. The minimum atomic E-state index is -3.05. The van der Waals surface area contributed by atoms with Gasteiger partial charge in [-0.3, -0.25) is 9.59 Å². The Kier molecular flexibility index (Phi) is 32.9. The molecule has 3 aliphatic heterocycles. The summed E-state index contributed by atoms with van der Waals surface area (Å²) in [5, 5.41) is 124. The Hall–Kier alpha value is -2.23. The molecular formula is C53H98N2O20. The van der Waals surface area contributed by atoms with Crippen molar-refractivity contribution in [1.29, 1.82) is 0 Å². The van der Waals surface area contributed by atoms with Crippen molar-refractivity contribution in [3.63, 3.8) is 0 Å². The molecule has 0 aliphatic carbocycles. The van der Waals surface area contributed by atoms with Crippen LogP contribution >= 0.6 is 0 Å². The maximum Gasteiger partial charge on any atom is 0.364 e. The molecule has 0 spiro atoms. The quantitative estimate of drug-likeness (QED) is 0.0391. The van der Waals surface area contributed by atoms with Gasteiger partial charge >= 0.3 is 5.97 Å². The van der Waals surface area contributed by atoms with Crippen molar-refractivity contribution in [3.05, 3.63) is 0 Å². The number of carboxylic acids is 1. The van der Waals surface area contributed by atoms with Gasteiger partial charge in [-0.05, 0) is 12.8 Å². The monoisotopic (exact) mass is 1080 g/mol. The first-order valence-electron chi connectivity index (χ1n) is 28.3. The van der Waals surface area contributed by atoms with Crippen LogP contribution in [-0.2, 0) is 42.8 Å². The molecular weight excluding hydrogens is 985 g/mol. The number of aliphatic hydroxyl groups excluding tert-OH is 10. The van der Waals surface area contributed by atoms with E-state index >= 15 is 0 Å². The van der Waals surface area contributed by atoms with Crippen LogP contribution in [0.1, 0.15) is 188 Å². The lowest BCUT2D eigenvalue weighted by Crippen LogP contribution is -2.70. The SMILES string of the molecule is CCCCCCCCCCCCCCCCCC(=O)NC(CCCCCCCCCC)CO[C@H]1OC(CO)[C@@H](O[C@H]2OC(CO)[C@@H](O)C(O[C@]3(C(=O)O)C[C@H](O)[C@H](NC(C)=O)C([C@H](O)[C@H](O)CO)O3)[C@H]2O)[C@@H](O)C1O. The van der Waals surface area contributed by atoms with E-state index in [1.165, 1.54) is 83.5 Å². The Balaban J connectivity index is 1.63. The summed E-state index contributed by atoms with van der Waals surface area (Å²) < 4.78 is 34.8. The van der Waals surface area contributed by atoms with Crippen molar-refractivity contribution in [2.75, 3.05) is 26.4 Å². The predicted molar refractivity (Wildman–Crippen MR) is 272 cm³/mol. The Morgan fingerprint density at radius 3 is 1.64 bits per heavy atom. The molecule has 440 valence electrons. The molecule has 3 fully saturated rings. The van der Waals surface area contributed by atoms with Gasteiger partial charge in [0.25, 0.3) is 5.79 Å². The van der Waals surface area contributed by atoms with Crippen molar-refractivity contribution in [3.8, 4) is 0 Å². The van der Waals surface area contributed by atoms with Crippen molar-refractivity contribution >= 4 is 17.8 Å². The fourth-order valence-electron chi connectivity index (χ4n) is 10.2. The normalized spacial score (nSPS) is 31.4. The van der Waals surface area contributed by atoms with Gasteiger partial charge in [-0.25, -0.2) is 4.79 Å². The fourth-order valence-corrected chi connectivity index (χ4v) is 10.2. The first-order chi connectivity index (χ1) is 36.0. The van der Waals surface area contributed by atoms with Gasteiger partial charge in [-0.2, -0.15) is 0 Å². The zero-order valence-corrected chi connectivity index (χ0v) is 45.0. The van der Waals surface area contributed by atoms with Crippen molar-refractivity contribution in [2.45, 2.75) is 291 Å². The van der Waals surface area contributed by atoms with Gasteiger partial charge < -0.3 is 95.2 Å². The summed E-state index contributed by atoms with van der Waals surface area (Å²) in [6, 6.07) is -2.03. The minimum Gasteiger partial charge on any atom is -0.477 e. The number of hydrogen-bond acceptors (Lipinski definition) is 19. The van der Waals surface area contributed by atoms with E-state index in [2.05, 4.69) is 24.5 Å². The highest BCUT2D eigenvalue weighted by Crippen LogP contribution is 2.38. The molecule has 17 atom stereocenters. The standard InChI is InChI=1S/C53H98N2O20/c1-4-6-8-10-12-14-15-16-17-18-19-20-22-24-26-28-40(62)55-35(27-25-23-21-13-11-9-7-5-2)33-70-50-45(66)44(65)47(39(32-58)72-50)73-51-46(67)49(43(64)38(31-57)71-51)75-53(52(68)69)29-36(60)41(54-34(3)59)48(74-53)42(63)37(61)30-56/h35-39,41-51,56-58,60-61,63-67H,4-33H2,1-3H3,(H,54,59)(H,55,62)(H,68,69)/t35?,36-,37+,38?,39?,41-,42+,43+,44-,45?,46+,47+,48?,49?,50-,51+,53-/m0/s1. The first kappa shape index (κ1) is 67.0. The lowest BCUT2D eigenvalue weighted by Gasteiger charge is -2.50. The number of aliphatic hydroxyl groups is 10. The van der Waals surface area contributed by atoms with Gasteiger partial charge in [-0.1, -0.05) is 155 Å². The van der Waals surface area contributed by atoms with Crippen molar-refractivity contribution < 1.29 is 99.0 Å². The largest absolute Gasteiger partial charge is 0.477 e. The summed E-state index contributed by atoms with van der Waals surface area (Å²) in [4.78, 5) is 38.2. The van der Waals surface area contributed by atoms with Crippen LogP contribution in [0.25, 0.3) is 0 Å². The lowest BCUT2D eigenvalue weighted by atomic mass is 9.88. The molecule has 6 unspecified atom stereocenters. The molecule has 3 aliphatic rings. The molecule has 3 rings (SSSR count). The predicted octanol–water partition coefficient (Wildman–Crippen LogP) is 2.08. The minimum absolute atomic E-state index is 0.108. The van der Waals surface area contributed by atoms with Gasteiger partial charge in [0.05, 0.1) is 44.6 Å². The number of carbonyl (C=O) groups excluding carboxylic acids is 2. The van der Waals surface area contributed by atoms with Crippen LogP contribution in [0.5, 0.6) is 0 Å². The average molecular weight is 1080 g/mol. The van der Waals surface area contributed by atoms with Gasteiger partial charge in [0.2, 0.25) is 11.8 Å². The molecule has 2 amide bonds. The van der Waals surface area contributed by atoms with Crippen LogP contribution in [0.15, 0.2) is 0 Å². The molecule has 3 saturated heterocycles. The Morgan fingerprint density at radius 1 is 0.640 bits per heavy atom. The zero-order chi connectivity index (χ0) is 55.3. The molecule has 0 saturated carbocycles. The molecule has 0 aromatic heterocycles. The van der Waals surface area contributed by atoms with Crippen LogP contribution in [0.3, 0.4) is 0 Å². The maximum absolute atomic E-state index is 13.2. The third-order valence-corrected chi connectivity index (χ3v) is 14.7. The van der Waals surface area contributed by atoms with E-state index in [0.717, 1.165) is 71.1 Å². The van der Waals surface area contributed by atoms with Crippen molar-refractivity contribution in [2.24, 2.45) is 0 Å². The summed E-state index contributed by atoms with van der Waals surface area (Å²) in [6.45, 7) is 2.49. The molecule has 0 aromatic carbocycles. The number of nitrogens with one attached hydrogen (secondary N) is 2. The van der Waals surface area contributed by atoms with Crippen LogP contribution in [0, 0.1) is 0 Å². The van der Waals surface area contributed by atoms with Crippen LogP contribution in [0.4, 0.5) is 0 Å². The number of unbranched alkanes of at least 4 members (excludes halogenated alkanes) is 21. The van der Waals surface area contributed by atoms with Crippen molar-refractivity contribution in [1.82, 2.24) is 10.6 Å². The molecule has 0 radical (unpaired) electrons. The molecule has 3 heterocycles. The molecule has 0 aromatic rings. The number of rotatable bonds is 40. The summed E-state index contributed by atoms with van der Waals surface area (Å²) in [5.41, 5.74) is 0. The topological polar surface area (TPSA) is 353 Å². The summed E-state index contributed by atoms with van der Waals surface area (Å²) in [6.07, 6.45) is 0.261. The first-order valence-corrected chi connectivity index (χ1v) is 28.3. The number of carbonyl (C=O) groups is 3. The van der Waals surface area contributed by atoms with Crippen LogP contribution in [-0.4, -0.2) is 204 Å². The molecule has 22 heteroatoms. The Labute approximate surface area is 444 Å². The zero-order valence-electron chi connectivity index (χ0n) is 45.0. The van der Waals surface area contributed by atoms with E-state index < -0.39 is 142 Å². The highest BCUT2D eigenvalue weighted by Gasteiger charge is 2.60. The molecule has 75 heavy (non-hydrogen) atoms. The highest BCUT2D eigenvalue weighted by molar-refractivity contribution is 5.77. The molecule has 22 nitrogen and oxygen atoms in total. The third-order valence-electron chi connectivity index (χ3n) is 14.7. The van der Waals surface area contributed by atoms with E-state index in [-0.39, 0.29) is 12.5 Å². The number of amides is 2. The highest BCUT2D eigenvalue weighted by atomic mass is 16.8. The lowest BCUT2D eigenvalue weighted by molar-refractivity contribution is -0.386. The van der Waals surface area contributed by atoms with Gasteiger partial charge in [0.15, 0.2) is 12.6 Å². The number of aliphatic carboxylic acids is 1. The summed E-state index contributed by atoms with van der Waals surface area (Å²) in [5.74, 6) is -5.89. The average Bonchev–Trinajstić information content (AvgIpc) is 3.38. The third kappa shape index (κ3) is 22.4. The number of ether oxygens (including phenoxy) is 6.